The summed E-state index contributed by atoms with van der Waals surface area (Å²) in [7, 11) is 2.99. The second-order valence-corrected chi connectivity index (χ2v) is 24.8. The summed E-state index contributed by atoms with van der Waals surface area (Å²) >= 11 is 0. The Morgan fingerprint density at radius 2 is 0.905 bits per heavy atom. The molecular weight excluding hydrogens is 789 g/mol. The monoisotopic (exact) mass is 881 g/mol. The number of aliphatic hydroxyl groups is 2. The molecular formula is C55H92O8. The van der Waals surface area contributed by atoms with Crippen LogP contribution >= 0.6 is 0 Å². The van der Waals surface area contributed by atoms with E-state index in [1.807, 2.05) is 0 Å². The highest BCUT2D eigenvalue weighted by Crippen LogP contribution is 2.70. The maximum atomic E-state index is 11.9. The van der Waals surface area contributed by atoms with Gasteiger partial charge in [0.05, 0.1) is 38.6 Å². The van der Waals surface area contributed by atoms with Gasteiger partial charge in [0.1, 0.15) is 0 Å². The second kappa shape index (κ2) is 19.4. The van der Waals surface area contributed by atoms with E-state index in [1.165, 1.54) is 78.4 Å². The summed E-state index contributed by atoms with van der Waals surface area (Å²) in [6.45, 7) is 16.6. The molecule has 0 spiro atoms. The van der Waals surface area contributed by atoms with Crippen LogP contribution in [-0.2, 0) is 28.5 Å². The largest absolute Gasteiger partial charge is 0.469 e. The molecule has 20 atom stereocenters. The molecule has 0 bridgehead atoms. The van der Waals surface area contributed by atoms with Crippen molar-refractivity contribution >= 4 is 11.9 Å². The first-order valence-corrected chi connectivity index (χ1v) is 26.8. The summed E-state index contributed by atoms with van der Waals surface area (Å²) in [5.74, 6) is 6.41. The predicted octanol–water partition coefficient (Wildman–Crippen LogP) is 11.4. The highest BCUT2D eigenvalue weighted by Gasteiger charge is 2.65. The zero-order valence-electron chi connectivity index (χ0n) is 41.3. The van der Waals surface area contributed by atoms with Gasteiger partial charge in [0.25, 0.3) is 0 Å². The maximum absolute atomic E-state index is 11.9. The van der Waals surface area contributed by atoms with Crippen molar-refractivity contribution in [2.75, 3.05) is 27.4 Å². The van der Waals surface area contributed by atoms with Crippen LogP contribution in [0.2, 0.25) is 0 Å². The molecule has 2 N–H and O–H groups in total. The minimum Gasteiger partial charge on any atom is -0.469 e. The molecule has 0 aliphatic heterocycles. The number of esters is 2. The standard InChI is InChI=1S/C55H92O8/c1-34(12-18-48(58)60-7)40-14-16-42-50-44(22-26-54(40,42)5)52(3)24-20-38(30-36(52)32-46(50)56)62-28-10-9-11-29-63-39-21-25-53(4)37(31-39)33-47(57)51-43-17-15-41(35(2)13-19-49(59)61-8)55(43,6)27-23-45(51)53/h34-47,50-51,56-57H,9-33H2,1-8H3/t34-,35-,36?,37?,38-,39+,40-,41-,42?,43?,44?,45?,46-,47+,50?,51?,52+,53+,54-,55-/m1/s1. The molecule has 0 heterocycles. The van der Waals surface area contributed by atoms with Crippen LogP contribution in [0.1, 0.15) is 189 Å². The topological polar surface area (TPSA) is 112 Å². The number of hydrogen-bond acceptors (Lipinski definition) is 8. The van der Waals surface area contributed by atoms with E-state index in [2.05, 4.69) is 41.5 Å². The lowest BCUT2D eigenvalue weighted by atomic mass is 9.43. The van der Waals surface area contributed by atoms with E-state index in [9.17, 15) is 19.8 Å². The summed E-state index contributed by atoms with van der Waals surface area (Å²) < 4.78 is 23.2. The van der Waals surface area contributed by atoms with Crippen molar-refractivity contribution in [2.24, 2.45) is 92.7 Å². The first kappa shape index (κ1) is 48.2. The van der Waals surface area contributed by atoms with Gasteiger partial charge in [0.2, 0.25) is 0 Å². The van der Waals surface area contributed by atoms with Crippen molar-refractivity contribution < 1.29 is 38.7 Å². The van der Waals surface area contributed by atoms with E-state index in [4.69, 9.17) is 18.9 Å². The molecule has 360 valence electrons. The van der Waals surface area contributed by atoms with Gasteiger partial charge in [-0.2, -0.15) is 0 Å². The fraction of sp³-hybridized carbons (Fsp3) is 0.964. The summed E-state index contributed by atoms with van der Waals surface area (Å²) in [5, 5.41) is 23.8. The molecule has 8 unspecified atom stereocenters. The quantitative estimate of drug-likeness (QED) is 0.116. The van der Waals surface area contributed by atoms with E-state index in [0.717, 1.165) is 83.8 Å². The molecule has 63 heavy (non-hydrogen) atoms. The van der Waals surface area contributed by atoms with E-state index in [-0.39, 0.29) is 35.0 Å². The van der Waals surface area contributed by atoms with Gasteiger partial charge in [0.15, 0.2) is 0 Å². The highest BCUT2D eigenvalue weighted by atomic mass is 16.5. The number of carbonyl (C=O) groups excluding carboxylic acids is 2. The first-order valence-electron chi connectivity index (χ1n) is 26.8. The molecule has 8 aliphatic carbocycles. The first-order chi connectivity index (χ1) is 30.1. The van der Waals surface area contributed by atoms with Crippen molar-refractivity contribution in [1.29, 1.82) is 0 Å². The number of fused-ring (bicyclic) bond motifs is 10. The number of carbonyl (C=O) groups is 2. The highest BCUT2D eigenvalue weighted by molar-refractivity contribution is 5.69. The van der Waals surface area contributed by atoms with E-state index in [1.54, 1.807) is 0 Å². The average Bonchev–Trinajstić information content (AvgIpc) is 3.81. The van der Waals surface area contributed by atoms with Crippen LogP contribution in [0.15, 0.2) is 0 Å². The minimum atomic E-state index is -0.205. The normalized spacial score (nSPS) is 47.5. The number of hydrogen-bond donors (Lipinski definition) is 2. The zero-order chi connectivity index (χ0) is 44.9. The van der Waals surface area contributed by atoms with Crippen LogP contribution in [0.3, 0.4) is 0 Å². The Labute approximate surface area is 383 Å². The Hall–Kier alpha value is -1.22. The number of ether oxygens (including phenoxy) is 4. The predicted molar refractivity (Wildman–Crippen MR) is 247 cm³/mol. The van der Waals surface area contributed by atoms with Crippen molar-refractivity contribution in [2.45, 2.75) is 214 Å². The molecule has 0 saturated heterocycles. The lowest BCUT2D eigenvalue weighted by Crippen LogP contribution is -2.58. The molecule has 8 aliphatic rings. The van der Waals surface area contributed by atoms with Gasteiger partial charge < -0.3 is 29.2 Å². The van der Waals surface area contributed by atoms with Crippen LogP contribution in [0, 0.1) is 92.7 Å². The van der Waals surface area contributed by atoms with E-state index < -0.39 is 0 Å². The Balaban J connectivity index is 0.741. The smallest absolute Gasteiger partial charge is 0.305 e. The molecule has 8 heteroatoms. The molecule has 8 rings (SSSR count). The molecule has 0 radical (unpaired) electrons. The summed E-state index contributed by atoms with van der Waals surface area (Å²) in [5.41, 5.74) is 1.13. The van der Waals surface area contributed by atoms with Gasteiger partial charge in [-0.1, -0.05) is 41.5 Å². The molecule has 8 nitrogen and oxygen atoms in total. The minimum absolute atomic E-state index is 0.0910. The Kier molecular flexibility index (Phi) is 14.9. The molecule has 0 aromatic carbocycles. The van der Waals surface area contributed by atoms with Gasteiger partial charge in [-0.3, -0.25) is 9.59 Å². The van der Waals surface area contributed by atoms with E-state index >= 15 is 0 Å². The van der Waals surface area contributed by atoms with Crippen LogP contribution in [0.5, 0.6) is 0 Å². The van der Waals surface area contributed by atoms with Crippen LogP contribution in [0.4, 0.5) is 0 Å². The van der Waals surface area contributed by atoms with Gasteiger partial charge in [-0.25, -0.2) is 0 Å². The zero-order valence-corrected chi connectivity index (χ0v) is 41.3. The van der Waals surface area contributed by atoms with Crippen molar-refractivity contribution in [3.63, 3.8) is 0 Å². The van der Waals surface area contributed by atoms with Gasteiger partial charge in [0, 0.05) is 26.1 Å². The summed E-state index contributed by atoms with van der Waals surface area (Å²) in [6.07, 6.45) is 25.2. The second-order valence-electron chi connectivity index (χ2n) is 24.8. The third-order valence-corrected chi connectivity index (χ3v) is 22.3. The maximum Gasteiger partial charge on any atom is 0.305 e. The van der Waals surface area contributed by atoms with Gasteiger partial charge >= 0.3 is 11.9 Å². The third kappa shape index (κ3) is 9.00. The van der Waals surface area contributed by atoms with Crippen LogP contribution in [0.25, 0.3) is 0 Å². The van der Waals surface area contributed by atoms with Crippen molar-refractivity contribution in [3.8, 4) is 0 Å². The van der Waals surface area contributed by atoms with Crippen molar-refractivity contribution in [1.82, 2.24) is 0 Å². The number of methoxy groups -OCH3 is 2. The average molecular weight is 881 g/mol. The lowest BCUT2D eigenvalue weighted by Gasteiger charge is -2.62. The van der Waals surface area contributed by atoms with Crippen LogP contribution < -0.4 is 0 Å². The van der Waals surface area contributed by atoms with Crippen molar-refractivity contribution in [3.05, 3.63) is 0 Å². The fourth-order valence-corrected chi connectivity index (χ4v) is 18.8. The molecule has 8 saturated carbocycles. The summed E-state index contributed by atoms with van der Waals surface area (Å²) in [4.78, 5) is 23.9. The van der Waals surface area contributed by atoms with Gasteiger partial charge in [-0.15, -0.1) is 0 Å². The molecule has 0 amide bonds. The SMILES string of the molecule is COC(=O)CC[C@@H](C)[C@H]1CCC2C3C(CC[C@@]21C)[C@@]1(C)CC[C@@H](OCCCCCO[C@H]2CC[C@@]4(C)C(C2)C[C@H](O)C2C4CC[C@@]4(C)C2CC[C@@H]4[C@H](C)CCC(=O)OC)CC1C[C@H]3O. The Morgan fingerprint density at radius 1 is 0.524 bits per heavy atom. The van der Waals surface area contributed by atoms with Gasteiger partial charge in [-0.05, 0) is 228 Å². The molecule has 0 aromatic rings. The molecule has 8 fully saturated rings. The lowest BCUT2D eigenvalue weighted by molar-refractivity contribution is -0.178. The summed E-state index contributed by atoms with van der Waals surface area (Å²) in [6, 6.07) is 0. The Bertz CT molecular complexity index is 1460. The fourth-order valence-electron chi connectivity index (χ4n) is 18.8. The number of aliphatic hydroxyl groups excluding tert-OH is 2. The number of unbranched alkanes of at least 4 members (excludes halogenated alkanes) is 2. The van der Waals surface area contributed by atoms with Crippen LogP contribution in [-0.4, -0.2) is 74.0 Å². The third-order valence-electron chi connectivity index (χ3n) is 22.3. The molecule has 0 aromatic heterocycles. The van der Waals surface area contributed by atoms with E-state index in [0.29, 0.717) is 107 Å². The number of rotatable bonds is 16. The Morgan fingerprint density at radius 3 is 1.30 bits per heavy atom.